The zero-order valence-corrected chi connectivity index (χ0v) is 20.5. The van der Waals surface area contributed by atoms with Crippen LogP contribution in [0.3, 0.4) is 0 Å². The molecule has 1 aliphatic rings. The molecule has 0 saturated carbocycles. The van der Waals surface area contributed by atoms with Gasteiger partial charge in [0.15, 0.2) is 9.84 Å². The van der Waals surface area contributed by atoms with Crippen LogP contribution in [-0.2, 0) is 24.1 Å². The highest BCUT2D eigenvalue weighted by atomic mass is 32.2. The monoisotopic (exact) mass is 485 g/mol. The molecule has 1 amide bonds. The van der Waals surface area contributed by atoms with Crippen molar-refractivity contribution < 1.29 is 27.9 Å². The van der Waals surface area contributed by atoms with Gasteiger partial charge in [-0.05, 0) is 63.3 Å². The van der Waals surface area contributed by atoms with Gasteiger partial charge in [0.25, 0.3) is 0 Å². The predicted octanol–water partition coefficient (Wildman–Crippen LogP) is 4.51. The Morgan fingerprint density at radius 1 is 1.23 bits per heavy atom. The molecular formula is C21H27NO6S3. The van der Waals surface area contributed by atoms with Crippen LogP contribution in [0.5, 0.6) is 0 Å². The second-order valence-corrected chi connectivity index (χ2v) is 13.2. The number of nitrogens with zero attached hydrogens (tertiary/aromatic N) is 1. The molecule has 1 saturated heterocycles. The van der Waals surface area contributed by atoms with E-state index in [2.05, 4.69) is 0 Å². The maximum absolute atomic E-state index is 13.4. The van der Waals surface area contributed by atoms with Gasteiger partial charge >= 0.3 is 12.1 Å². The van der Waals surface area contributed by atoms with Crippen LogP contribution in [0.15, 0.2) is 23.6 Å². The van der Waals surface area contributed by atoms with E-state index in [-0.39, 0.29) is 25.3 Å². The summed E-state index contributed by atoms with van der Waals surface area (Å²) in [5.41, 5.74) is 0.410. The largest absolute Gasteiger partial charge is 0.481 e. The van der Waals surface area contributed by atoms with Crippen molar-refractivity contribution in [3.8, 4) is 9.75 Å². The molecule has 170 valence electrons. The molecule has 3 heterocycles. The van der Waals surface area contributed by atoms with E-state index < -0.39 is 38.7 Å². The van der Waals surface area contributed by atoms with Gasteiger partial charge in [0, 0.05) is 27.7 Å². The first-order chi connectivity index (χ1) is 14.3. The summed E-state index contributed by atoms with van der Waals surface area (Å²) in [6.45, 7) is 7.30. The Balaban J connectivity index is 1.99. The molecule has 0 bridgehead atoms. The second kappa shape index (κ2) is 8.55. The first-order valence-electron chi connectivity index (χ1n) is 9.91. The molecule has 10 heteroatoms. The van der Waals surface area contributed by atoms with Crippen LogP contribution in [0.1, 0.15) is 44.1 Å². The van der Waals surface area contributed by atoms with Gasteiger partial charge in [-0.25, -0.2) is 13.2 Å². The van der Waals surface area contributed by atoms with Crippen molar-refractivity contribution in [3.63, 3.8) is 0 Å². The molecule has 0 spiro atoms. The van der Waals surface area contributed by atoms with Crippen LogP contribution < -0.4 is 0 Å². The van der Waals surface area contributed by atoms with E-state index in [4.69, 9.17) is 4.74 Å². The number of carboxylic acid groups (broad SMARTS) is 1. The van der Waals surface area contributed by atoms with Crippen LogP contribution in [0, 0.1) is 6.92 Å². The van der Waals surface area contributed by atoms with Gasteiger partial charge in [0.1, 0.15) is 10.3 Å². The van der Waals surface area contributed by atoms with Crippen molar-refractivity contribution >= 4 is 44.6 Å². The lowest BCUT2D eigenvalue weighted by Gasteiger charge is -2.30. The Morgan fingerprint density at radius 2 is 1.94 bits per heavy atom. The van der Waals surface area contributed by atoms with Crippen LogP contribution in [0.4, 0.5) is 4.79 Å². The third kappa shape index (κ3) is 5.12. The highest BCUT2D eigenvalue weighted by Crippen LogP contribution is 2.46. The zero-order valence-electron chi connectivity index (χ0n) is 18.0. The minimum absolute atomic E-state index is 0.00426. The van der Waals surface area contributed by atoms with Gasteiger partial charge in [0.05, 0.1) is 12.2 Å². The SMILES string of the molecule is Cc1csc(-c2ccc(C3(CC(=O)O)CCN(C(=O)OC(C)(C)C)CCS3(=O)=O)s2)c1. The maximum Gasteiger partial charge on any atom is 0.410 e. The summed E-state index contributed by atoms with van der Waals surface area (Å²) >= 11 is 2.88. The predicted molar refractivity (Wildman–Crippen MR) is 123 cm³/mol. The molecular weight excluding hydrogens is 458 g/mol. The Bertz CT molecular complexity index is 1080. The molecule has 2 aromatic rings. The Kier molecular flexibility index (Phi) is 6.55. The summed E-state index contributed by atoms with van der Waals surface area (Å²) < 4.78 is 30.7. The van der Waals surface area contributed by atoms with E-state index in [1.807, 2.05) is 24.4 Å². The number of rotatable bonds is 4. The number of aryl methyl sites for hydroxylation is 1. The minimum atomic E-state index is -3.86. The fourth-order valence-electron chi connectivity index (χ4n) is 3.60. The number of thiophene rings is 2. The van der Waals surface area contributed by atoms with Crippen molar-refractivity contribution in [2.75, 3.05) is 18.8 Å². The molecule has 1 aliphatic heterocycles. The smallest absolute Gasteiger partial charge is 0.410 e. The van der Waals surface area contributed by atoms with Gasteiger partial charge in [-0.1, -0.05) is 0 Å². The number of amides is 1. The third-order valence-corrected chi connectivity index (χ3v) is 10.3. The number of hydrogen-bond acceptors (Lipinski definition) is 7. The summed E-state index contributed by atoms with van der Waals surface area (Å²) in [4.78, 5) is 28.1. The summed E-state index contributed by atoms with van der Waals surface area (Å²) in [5, 5.41) is 11.6. The topological polar surface area (TPSA) is 101 Å². The molecule has 1 unspecified atom stereocenters. The molecule has 0 aromatic carbocycles. The van der Waals surface area contributed by atoms with E-state index in [1.165, 1.54) is 16.2 Å². The fourth-order valence-corrected chi connectivity index (χ4v) is 8.19. The molecule has 7 nitrogen and oxygen atoms in total. The van der Waals surface area contributed by atoms with E-state index in [9.17, 15) is 23.1 Å². The number of carbonyl (C=O) groups is 2. The van der Waals surface area contributed by atoms with Crippen molar-refractivity contribution in [3.05, 3.63) is 34.0 Å². The molecule has 1 N–H and O–H groups in total. The standard InChI is InChI=1S/C21H27NO6S3/c1-14-11-16(29-13-14)15-5-6-17(30-15)21(12-18(23)24)7-8-22(9-10-31(21,26)27)19(25)28-20(2,3)4/h5-6,11,13H,7-10,12H2,1-4H3,(H,23,24). The van der Waals surface area contributed by atoms with E-state index >= 15 is 0 Å². The van der Waals surface area contributed by atoms with Crippen LogP contribution in [-0.4, -0.2) is 54.9 Å². The average Bonchev–Trinajstić information content (AvgIpc) is 3.24. The Morgan fingerprint density at radius 3 is 2.52 bits per heavy atom. The highest BCUT2D eigenvalue weighted by Gasteiger charge is 2.50. The number of hydrogen-bond donors (Lipinski definition) is 1. The molecule has 2 aromatic heterocycles. The zero-order chi connectivity index (χ0) is 23.0. The number of aliphatic carboxylic acids is 1. The number of carbonyl (C=O) groups excluding carboxylic acids is 1. The van der Waals surface area contributed by atoms with Crippen molar-refractivity contribution in [1.29, 1.82) is 0 Å². The van der Waals surface area contributed by atoms with Crippen molar-refractivity contribution in [1.82, 2.24) is 4.90 Å². The van der Waals surface area contributed by atoms with E-state index in [1.54, 1.807) is 38.2 Å². The van der Waals surface area contributed by atoms with Gasteiger partial charge in [-0.15, -0.1) is 22.7 Å². The molecule has 1 atom stereocenters. The van der Waals surface area contributed by atoms with Gasteiger partial charge in [0.2, 0.25) is 0 Å². The van der Waals surface area contributed by atoms with Crippen LogP contribution >= 0.6 is 22.7 Å². The Labute approximate surface area is 190 Å². The first-order valence-corrected chi connectivity index (χ1v) is 13.3. The molecule has 3 rings (SSSR count). The third-order valence-electron chi connectivity index (χ3n) is 5.13. The number of ether oxygens (including phenoxy) is 1. The minimum Gasteiger partial charge on any atom is -0.481 e. The van der Waals surface area contributed by atoms with Gasteiger partial charge in [-0.3, -0.25) is 4.79 Å². The summed E-state index contributed by atoms with van der Waals surface area (Å²) in [5.74, 6) is -1.50. The number of sulfone groups is 1. The van der Waals surface area contributed by atoms with Crippen molar-refractivity contribution in [2.45, 2.75) is 50.9 Å². The second-order valence-electron chi connectivity index (χ2n) is 8.75. The molecule has 31 heavy (non-hydrogen) atoms. The quantitative estimate of drug-likeness (QED) is 0.684. The summed E-state index contributed by atoms with van der Waals surface area (Å²) in [6, 6.07) is 5.59. The maximum atomic E-state index is 13.4. The van der Waals surface area contributed by atoms with Gasteiger partial charge < -0.3 is 14.7 Å². The fraction of sp³-hybridized carbons (Fsp3) is 0.524. The van der Waals surface area contributed by atoms with E-state index in [0.29, 0.717) is 4.88 Å². The lowest BCUT2D eigenvalue weighted by atomic mass is 9.97. The molecule has 0 aliphatic carbocycles. The average molecular weight is 486 g/mol. The lowest BCUT2D eigenvalue weighted by molar-refractivity contribution is -0.137. The number of carboxylic acids is 1. The summed E-state index contributed by atoms with van der Waals surface area (Å²) in [6.07, 6.45) is -1.12. The molecule has 1 fully saturated rings. The van der Waals surface area contributed by atoms with E-state index in [0.717, 1.165) is 15.3 Å². The summed E-state index contributed by atoms with van der Waals surface area (Å²) in [7, 11) is -3.86. The normalized spacial score (nSPS) is 21.5. The van der Waals surface area contributed by atoms with Crippen LogP contribution in [0.25, 0.3) is 9.75 Å². The van der Waals surface area contributed by atoms with Gasteiger partial charge in [-0.2, -0.15) is 0 Å². The van der Waals surface area contributed by atoms with Crippen LogP contribution in [0.2, 0.25) is 0 Å². The first kappa shape index (κ1) is 23.7. The molecule has 0 radical (unpaired) electrons. The Hall–Kier alpha value is -1.91. The van der Waals surface area contributed by atoms with Crippen molar-refractivity contribution in [2.24, 2.45) is 0 Å². The lowest BCUT2D eigenvalue weighted by Crippen LogP contribution is -2.39. The highest BCUT2D eigenvalue weighted by molar-refractivity contribution is 7.92.